The van der Waals surface area contributed by atoms with Gasteiger partial charge in [-0.2, -0.15) is 0 Å². The highest BCUT2D eigenvalue weighted by Crippen LogP contribution is 2.18. The van der Waals surface area contributed by atoms with Crippen molar-refractivity contribution in [3.8, 4) is 11.5 Å². The topological polar surface area (TPSA) is 60.2 Å². The predicted molar refractivity (Wildman–Crippen MR) is 65.5 cm³/mol. The van der Waals surface area contributed by atoms with E-state index in [0.717, 1.165) is 0 Å². The van der Waals surface area contributed by atoms with Crippen LogP contribution in [0.3, 0.4) is 0 Å². The Bertz CT molecular complexity index is 598. The Morgan fingerprint density at radius 1 is 1.59 bits per heavy atom. The maximum absolute atomic E-state index is 11.4. The minimum atomic E-state index is -0.241. The molecule has 2 aromatic rings. The molecule has 2 rings (SSSR count). The first-order chi connectivity index (χ1) is 8.22. The van der Waals surface area contributed by atoms with Crippen molar-refractivity contribution in [3.05, 3.63) is 39.6 Å². The van der Waals surface area contributed by atoms with Crippen molar-refractivity contribution >= 4 is 12.2 Å². The van der Waals surface area contributed by atoms with Gasteiger partial charge in [0, 0.05) is 19.7 Å². The van der Waals surface area contributed by atoms with Crippen molar-refractivity contribution in [2.75, 3.05) is 13.7 Å². The van der Waals surface area contributed by atoms with Gasteiger partial charge in [-0.1, -0.05) is 0 Å². The van der Waals surface area contributed by atoms with Crippen molar-refractivity contribution < 1.29 is 9.15 Å². The molecular formula is C11H12N2O3S. The molecular weight excluding hydrogens is 240 g/mol. The van der Waals surface area contributed by atoms with Crippen molar-refractivity contribution in [2.24, 2.45) is 0 Å². The number of methoxy groups -OCH3 is 1. The van der Waals surface area contributed by atoms with Crippen LogP contribution in [0.1, 0.15) is 0 Å². The third kappa shape index (κ3) is 2.54. The summed E-state index contributed by atoms with van der Waals surface area (Å²) in [6.07, 6.45) is 1.56. The molecule has 2 heterocycles. The van der Waals surface area contributed by atoms with E-state index < -0.39 is 0 Å². The molecule has 0 aromatic carbocycles. The highest BCUT2D eigenvalue weighted by molar-refractivity contribution is 7.71. The number of rotatable bonds is 4. The molecule has 0 aliphatic rings. The number of aromatic amines is 1. The van der Waals surface area contributed by atoms with Gasteiger partial charge in [0.2, 0.25) is 0 Å². The van der Waals surface area contributed by atoms with Gasteiger partial charge >= 0.3 is 0 Å². The molecule has 0 aliphatic heterocycles. The third-order valence-electron chi connectivity index (χ3n) is 2.33. The molecule has 0 atom stereocenters. The van der Waals surface area contributed by atoms with Crippen LogP contribution in [0.25, 0.3) is 11.5 Å². The smallest absolute Gasteiger partial charge is 0.252 e. The van der Waals surface area contributed by atoms with Crippen molar-refractivity contribution in [2.45, 2.75) is 6.54 Å². The van der Waals surface area contributed by atoms with Crippen LogP contribution >= 0.6 is 12.2 Å². The van der Waals surface area contributed by atoms with Crippen LogP contribution in [-0.4, -0.2) is 23.3 Å². The molecule has 0 fully saturated rings. The van der Waals surface area contributed by atoms with Gasteiger partial charge in [0.15, 0.2) is 10.5 Å². The van der Waals surface area contributed by atoms with Crippen molar-refractivity contribution in [1.29, 1.82) is 0 Å². The van der Waals surface area contributed by atoms with Gasteiger partial charge < -0.3 is 13.7 Å². The van der Waals surface area contributed by atoms with Crippen LogP contribution in [-0.2, 0) is 11.3 Å². The molecule has 6 heteroatoms. The van der Waals surface area contributed by atoms with E-state index in [1.807, 2.05) is 0 Å². The molecule has 0 saturated heterocycles. The predicted octanol–water partition coefficient (Wildman–Crippen LogP) is 1.81. The first kappa shape index (κ1) is 11.8. The van der Waals surface area contributed by atoms with Crippen LogP contribution in [0.5, 0.6) is 0 Å². The minimum Gasteiger partial charge on any atom is -0.463 e. The number of nitrogens with zero attached hydrogens (tertiary/aromatic N) is 1. The Balaban J connectivity index is 2.56. The van der Waals surface area contributed by atoms with Crippen molar-refractivity contribution in [1.82, 2.24) is 9.55 Å². The number of hydrogen-bond donors (Lipinski definition) is 1. The van der Waals surface area contributed by atoms with Crippen LogP contribution in [0.15, 0.2) is 33.7 Å². The average Bonchev–Trinajstić information content (AvgIpc) is 2.80. The second-order valence-corrected chi connectivity index (χ2v) is 3.83. The Morgan fingerprint density at radius 3 is 3.06 bits per heavy atom. The zero-order valence-electron chi connectivity index (χ0n) is 9.30. The lowest BCUT2D eigenvalue weighted by Crippen LogP contribution is -2.16. The fraction of sp³-hybridized carbons (Fsp3) is 0.273. The largest absolute Gasteiger partial charge is 0.463 e. The Kier molecular flexibility index (Phi) is 3.55. The first-order valence-electron chi connectivity index (χ1n) is 5.09. The lowest BCUT2D eigenvalue weighted by atomic mass is 10.3. The summed E-state index contributed by atoms with van der Waals surface area (Å²) in [6, 6.07) is 5.01. The SMILES string of the molecule is COCCn1c(-c2ccco2)cc(=O)[nH]c1=S. The molecule has 90 valence electrons. The first-order valence-corrected chi connectivity index (χ1v) is 5.50. The fourth-order valence-electron chi connectivity index (χ4n) is 1.55. The second-order valence-electron chi connectivity index (χ2n) is 3.45. The second kappa shape index (κ2) is 5.11. The standard InChI is InChI=1S/C11H12N2O3S/c1-15-6-4-13-8(9-3-2-5-16-9)7-10(14)12-11(13)17/h2-3,5,7H,4,6H2,1H3,(H,12,14,17). The molecule has 17 heavy (non-hydrogen) atoms. The lowest BCUT2D eigenvalue weighted by molar-refractivity contribution is 0.186. The van der Waals surface area contributed by atoms with Gasteiger partial charge in [-0.3, -0.25) is 9.78 Å². The lowest BCUT2D eigenvalue weighted by Gasteiger charge is -2.10. The molecule has 0 unspecified atom stereocenters. The van der Waals surface area contributed by atoms with Crippen LogP contribution in [0.2, 0.25) is 0 Å². The number of hydrogen-bond acceptors (Lipinski definition) is 4. The van der Waals surface area contributed by atoms with E-state index in [1.165, 1.54) is 6.07 Å². The zero-order chi connectivity index (χ0) is 12.3. The molecule has 0 bridgehead atoms. The Labute approximate surface area is 103 Å². The van der Waals surface area contributed by atoms with Crippen molar-refractivity contribution in [3.63, 3.8) is 0 Å². The third-order valence-corrected chi connectivity index (χ3v) is 2.65. The molecule has 0 radical (unpaired) electrons. The molecule has 0 amide bonds. The maximum Gasteiger partial charge on any atom is 0.252 e. The van der Waals surface area contributed by atoms with Crippen LogP contribution in [0, 0.1) is 4.77 Å². The molecule has 0 aliphatic carbocycles. The summed E-state index contributed by atoms with van der Waals surface area (Å²) < 4.78 is 12.4. The minimum absolute atomic E-state index is 0.241. The Morgan fingerprint density at radius 2 is 2.41 bits per heavy atom. The molecule has 1 N–H and O–H groups in total. The molecule has 0 spiro atoms. The number of nitrogens with one attached hydrogen (secondary N) is 1. The number of ether oxygens (including phenoxy) is 1. The summed E-state index contributed by atoms with van der Waals surface area (Å²) in [7, 11) is 1.61. The molecule has 2 aromatic heterocycles. The number of aromatic nitrogens is 2. The zero-order valence-corrected chi connectivity index (χ0v) is 10.1. The highest BCUT2D eigenvalue weighted by atomic mass is 32.1. The van der Waals surface area contributed by atoms with Gasteiger partial charge in [-0.05, 0) is 24.4 Å². The molecule has 0 saturated carbocycles. The van der Waals surface area contributed by atoms with E-state index in [-0.39, 0.29) is 5.56 Å². The summed E-state index contributed by atoms with van der Waals surface area (Å²) in [6.45, 7) is 1.07. The van der Waals surface area contributed by atoms with Crippen LogP contribution < -0.4 is 5.56 Å². The maximum atomic E-state index is 11.4. The fourth-order valence-corrected chi connectivity index (χ4v) is 1.84. The van der Waals surface area contributed by atoms with E-state index in [1.54, 1.807) is 30.1 Å². The number of H-pyrrole nitrogens is 1. The van der Waals surface area contributed by atoms with E-state index >= 15 is 0 Å². The molecule has 5 nitrogen and oxygen atoms in total. The quantitative estimate of drug-likeness (QED) is 0.843. The summed E-state index contributed by atoms with van der Waals surface area (Å²) in [4.78, 5) is 14.0. The summed E-state index contributed by atoms with van der Waals surface area (Å²) >= 11 is 5.12. The summed E-state index contributed by atoms with van der Waals surface area (Å²) in [5.41, 5.74) is 0.413. The normalized spacial score (nSPS) is 10.6. The van der Waals surface area contributed by atoms with Crippen LogP contribution in [0.4, 0.5) is 0 Å². The van der Waals surface area contributed by atoms with E-state index in [9.17, 15) is 4.79 Å². The van der Waals surface area contributed by atoms with Gasteiger partial charge in [0.25, 0.3) is 5.56 Å². The van der Waals surface area contributed by atoms with Gasteiger partial charge in [0.05, 0.1) is 18.6 Å². The summed E-state index contributed by atoms with van der Waals surface area (Å²) in [5, 5.41) is 0. The average molecular weight is 252 g/mol. The highest BCUT2D eigenvalue weighted by Gasteiger charge is 2.08. The van der Waals surface area contributed by atoms with E-state index in [2.05, 4.69) is 4.98 Å². The van der Waals surface area contributed by atoms with Gasteiger partial charge in [-0.15, -0.1) is 0 Å². The van der Waals surface area contributed by atoms with E-state index in [4.69, 9.17) is 21.4 Å². The van der Waals surface area contributed by atoms with Gasteiger partial charge in [0.1, 0.15) is 0 Å². The monoisotopic (exact) mass is 252 g/mol. The van der Waals surface area contributed by atoms with Gasteiger partial charge in [-0.25, -0.2) is 0 Å². The summed E-state index contributed by atoms with van der Waals surface area (Å²) in [5.74, 6) is 0.610. The van der Waals surface area contributed by atoms with E-state index in [0.29, 0.717) is 29.4 Å². The Hall–Kier alpha value is -1.66. The number of furan rings is 1.